The Balaban J connectivity index is 1.93. The van der Waals surface area contributed by atoms with Crippen LogP contribution in [0.5, 0.6) is 5.75 Å². The predicted octanol–water partition coefficient (Wildman–Crippen LogP) is 5.04. The molecule has 0 aliphatic carbocycles. The summed E-state index contributed by atoms with van der Waals surface area (Å²) in [5.41, 5.74) is 2.63. The molecule has 2 aromatic heterocycles. The number of rotatable bonds is 5. The average molecular weight is 469 g/mol. The van der Waals surface area contributed by atoms with E-state index in [0.717, 1.165) is 16.0 Å². The molecule has 1 unspecified atom stereocenters. The third-order valence-electron chi connectivity index (χ3n) is 5.40. The van der Waals surface area contributed by atoms with Crippen molar-refractivity contribution in [1.29, 1.82) is 0 Å². The Kier molecular flexibility index (Phi) is 6.04. The summed E-state index contributed by atoms with van der Waals surface area (Å²) in [5.74, 6) is -1.51. The maximum Gasteiger partial charge on any atom is 0.296 e. The molecular weight excluding hydrogens is 448 g/mol. The molecule has 0 radical (unpaired) electrons. The zero-order valence-corrected chi connectivity index (χ0v) is 19.3. The quantitative estimate of drug-likeness (QED) is 0.322. The number of aryl methyl sites for hydroxylation is 2. The van der Waals surface area contributed by atoms with Crippen LogP contribution < -0.4 is 4.74 Å². The number of likely N-dealkylation sites (tertiary alicyclic amines) is 1. The summed E-state index contributed by atoms with van der Waals surface area (Å²) in [6.45, 7) is 3.87. The van der Waals surface area contributed by atoms with Crippen molar-refractivity contribution in [3.05, 3.63) is 85.8 Å². The normalized spacial score (nSPS) is 17.8. The van der Waals surface area contributed by atoms with Crippen LogP contribution in [0.3, 0.4) is 0 Å². The van der Waals surface area contributed by atoms with Crippen LogP contribution in [0.15, 0.2) is 53.5 Å². The van der Waals surface area contributed by atoms with E-state index < -0.39 is 17.7 Å². The Bertz CT molecular complexity index is 1240. The third-order valence-corrected chi connectivity index (χ3v) is 6.75. The van der Waals surface area contributed by atoms with Crippen molar-refractivity contribution in [3.8, 4) is 5.75 Å². The van der Waals surface area contributed by atoms with Crippen LogP contribution in [-0.4, -0.2) is 33.8 Å². The van der Waals surface area contributed by atoms with Crippen LogP contribution in [-0.2, 0) is 16.1 Å². The minimum Gasteiger partial charge on any atom is -0.507 e. The standard InChI is InChI=1S/C24H21ClN2O4S/c1-13-10-16(22(31-3)17(25)11-13)20(28)18-19(23-14(2)7-9-32-23)27(24(30)21(18)29)12-15-6-4-5-8-26-15/h4-11,19,28H,12H2,1-3H3/b20-18+. The van der Waals surface area contributed by atoms with Crippen molar-refractivity contribution in [2.75, 3.05) is 7.11 Å². The molecular formula is C24H21ClN2O4S. The highest BCUT2D eigenvalue weighted by molar-refractivity contribution is 7.10. The zero-order chi connectivity index (χ0) is 23.0. The van der Waals surface area contributed by atoms with Crippen molar-refractivity contribution in [3.63, 3.8) is 0 Å². The third kappa shape index (κ3) is 3.78. The lowest BCUT2D eigenvalue weighted by molar-refractivity contribution is -0.140. The number of Topliss-reactive ketones (excluding diaryl/α,β-unsaturated/α-hetero) is 1. The molecule has 6 nitrogen and oxygen atoms in total. The number of hydrogen-bond donors (Lipinski definition) is 1. The van der Waals surface area contributed by atoms with Crippen LogP contribution in [0.2, 0.25) is 5.02 Å². The first kappa shape index (κ1) is 22.0. The van der Waals surface area contributed by atoms with Crippen LogP contribution in [0.25, 0.3) is 5.76 Å². The summed E-state index contributed by atoms with van der Waals surface area (Å²) >= 11 is 7.75. The first-order valence-electron chi connectivity index (χ1n) is 9.90. The Labute approximate surface area is 194 Å². The van der Waals surface area contributed by atoms with Gasteiger partial charge in [-0.2, -0.15) is 0 Å². The molecule has 1 aromatic carbocycles. The summed E-state index contributed by atoms with van der Waals surface area (Å²) in [7, 11) is 1.44. The highest BCUT2D eigenvalue weighted by Crippen LogP contribution is 2.45. The number of carbonyl (C=O) groups excluding carboxylic acids is 2. The van der Waals surface area contributed by atoms with E-state index in [-0.39, 0.29) is 29.2 Å². The zero-order valence-electron chi connectivity index (χ0n) is 17.8. The van der Waals surface area contributed by atoms with E-state index in [2.05, 4.69) is 4.98 Å². The molecule has 0 saturated carbocycles. The van der Waals surface area contributed by atoms with Crippen LogP contribution in [0.1, 0.15) is 33.3 Å². The lowest BCUT2D eigenvalue weighted by atomic mass is 9.97. The van der Waals surface area contributed by atoms with Gasteiger partial charge in [0.05, 0.1) is 35.5 Å². The highest BCUT2D eigenvalue weighted by Gasteiger charge is 2.47. The summed E-state index contributed by atoms with van der Waals surface area (Å²) in [6, 6.07) is 9.96. The summed E-state index contributed by atoms with van der Waals surface area (Å²) in [5, 5.41) is 13.5. The molecule has 0 spiro atoms. The summed E-state index contributed by atoms with van der Waals surface area (Å²) in [4.78, 5) is 32.9. The molecule has 1 fully saturated rings. The number of methoxy groups -OCH3 is 1. The number of pyridine rings is 1. The average Bonchev–Trinajstić information content (AvgIpc) is 3.29. The fraction of sp³-hybridized carbons (Fsp3) is 0.208. The number of carbonyl (C=O) groups is 2. The Morgan fingerprint density at radius 2 is 2.03 bits per heavy atom. The molecule has 1 N–H and O–H groups in total. The number of amides is 1. The number of ether oxygens (including phenoxy) is 1. The molecule has 1 aliphatic rings. The number of halogens is 1. The van der Waals surface area contributed by atoms with Gasteiger partial charge in [0, 0.05) is 11.1 Å². The molecule has 3 heterocycles. The smallest absolute Gasteiger partial charge is 0.296 e. The van der Waals surface area contributed by atoms with Gasteiger partial charge in [-0.3, -0.25) is 14.6 Å². The molecule has 1 amide bonds. The van der Waals surface area contributed by atoms with Gasteiger partial charge in [0.25, 0.3) is 11.7 Å². The maximum absolute atomic E-state index is 13.2. The first-order valence-corrected chi connectivity index (χ1v) is 11.2. The second-order valence-corrected chi connectivity index (χ2v) is 8.90. The number of ketones is 1. The van der Waals surface area contributed by atoms with Gasteiger partial charge in [0.15, 0.2) is 0 Å². The SMILES string of the molecule is COc1c(Cl)cc(C)cc1/C(O)=C1\C(=O)C(=O)N(Cc2ccccn2)C1c1sccc1C. The van der Waals surface area contributed by atoms with Crippen LogP contribution >= 0.6 is 22.9 Å². The van der Waals surface area contributed by atoms with Gasteiger partial charge in [0.1, 0.15) is 17.6 Å². The topological polar surface area (TPSA) is 79.7 Å². The molecule has 164 valence electrons. The molecule has 32 heavy (non-hydrogen) atoms. The maximum atomic E-state index is 13.2. The molecule has 4 rings (SSSR count). The van der Waals surface area contributed by atoms with Crippen molar-refractivity contribution >= 4 is 40.4 Å². The van der Waals surface area contributed by atoms with E-state index >= 15 is 0 Å². The number of aliphatic hydroxyl groups is 1. The lowest BCUT2D eigenvalue weighted by Gasteiger charge is -2.24. The predicted molar refractivity (Wildman–Crippen MR) is 124 cm³/mol. The van der Waals surface area contributed by atoms with E-state index in [1.807, 2.05) is 31.4 Å². The molecule has 1 saturated heterocycles. The fourth-order valence-corrected chi connectivity index (χ4v) is 5.30. The lowest BCUT2D eigenvalue weighted by Crippen LogP contribution is -2.29. The summed E-state index contributed by atoms with van der Waals surface area (Å²) in [6.07, 6.45) is 1.64. The number of aromatic nitrogens is 1. The number of aliphatic hydroxyl groups excluding tert-OH is 1. The number of nitrogens with zero attached hydrogens (tertiary/aromatic N) is 2. The van der Waals surface area contributed by atoms with E-state index in [1.54, 1.807) is 30.5 Å². The number of thiophene rings is 1. The van der Waals surface area contributed by atoms with Crippen LogP contribution in [0.4, 0.5) is 0 Å². The van der Waals surface area contributed by atoms with Crippen molar-refractivity contribution < 1.29 is 19.4 Å². The van der Waals surface area contributed by atoms with Gasteiger partial charge in [-0.15, -0.1) is 11.3 Å². The molecule has 0 bridgehead atoms. The second-order valence-electron chi connectivity index (χ2n) is 7.54. The second kappa shape index (κ2) is 8.76. The van der Waals surface area contributed by atoms with Crippen LogP contribution in [0, 0.1) is 13.8 Å². The molecule has 1 aliphatic heterocycles. The van der Waals surface area contributed by atoms with E-state index in [1.165, 1.54) is 23.3 Å². The monoisotopic (exact) mass is 468 g/mol. The van der Waals surface area contributed by atoms with Crippen molar-refractivity contribution in [1.82, 2.24) is 9.88 Å². The highest BCUT2D eigenvalue weighted by atomic mass is 35.5. The van der Waals surface area contributed by atoms with Gasteiger partial charge in [0.2, 0.25) is 0 Å². The van der Waals surface area contributed by atoms with Gasteiger partial charge in [-0.05, 0) is 60.7 Å². The van der Waals surface area contributed by atoms with Gasteiger partial charge >= 0.3 is 0 Å². The van der Waals surface area contributed by atoms with Gasteiger partial charge in [-0.25, -0.2) is 0 Å². The number of benzene rings is 1. The largest absolute Gasteiger partial charge is 0.507 e. The van der Waals surface area contributed by atoms with Gasteiger partial charge < -0.3 is 14.7 Å². The van der Waals surface area contributed by atoms with E-state index in [4.69, 9.17) is 16.3 Å². The molecule has 8 heteroatoms. The molecule has 3 aromatic rings. The summed E-state index contributed by atoms with van der Waals surface area (Å²) < 4.78 is 5.40. The van der Waals surface area contributed by atoms with E-state index in [9.17, 15) is 14.7 Å². The Hall–Kier alpha value is -3.16. The van der Waals surface area contributed by atoms with Gasteiger partial charge in [-0.1, -0.05) is 17.7 Å². The minimum absolute atomic E-state index is 0.0106. The van der Waals surface area contributed by atoms with E-state index in [0.29, 0.717) is 10.7 Å². The fourth-order valence-electron chi connectivity index (χ4n) is 3.90. The Morgan fingerprint density at radius 3 is 2.66 bits per heavy atom. The van der Waals surface area contributed by atoms with Crippen molar-refractivity contribution in [2.24, 2.45) is 0 Å². The minimum atomic E-state index is -0.754. The van der Waals surface area contributed by atoms with Crippen molar-refractivity contribution in [2.45, 2.75) is 26.4 Å². The first-order chi connectivity index (χ1) is 15.3. The number of hydrogen-bond acceptors (Lipinski definition) is 6. The molecule has 1 atom stereocenters. The Morgan fingerprint density at radius 1 is 1.25 bits per heavy atom.